The summed E-state index contributed by atoms with van der Waals surface area (Å²) >= 11 is 0. The Kier molecular flexibility index (Phi) is 16.5. The summed E-state index contributed by atoms with van der Waals surface area (Å²) in [6.07, 6.45) is 1.33. The fourth-order valence-corrected chi connectivity index (χ4v) is 0.557. The summed E-state index contributed by atoms with van der Waals surface area (Å²) in [5.41, 5.74) is -0.764. The third-order valence-corrected chi connectivity index (χ3v) is 1.78. The van der Waals surface area contributed by atoms with Gasteiger partial charge in [-0.05, 0) is 0 Å². The van der Waals surface area contributed by atoms with Gasteiger partial charge in [0.1, 0.15) is 5.76 Å². The minimum atomic E-state index is -0.417. The quantitative estimate of drug-likeness (QED) is 0.299. The number of aliphatic hydroxyl groups excluding tert-OH is 1. The molecule has 0 fully saturated rings. The van der Waals surface area contributed by atoms with Crippen molar-refractivity contribution in [2.24, 2.45) is 10.8 Å². The standard InChI is InChI=1S/C11H20O2.2CO.Ir/c1-10(2,3)8(12)7-9(13)11(4,5)6;2*1-2;/h7,12H,1-6H3;;;/b8-7-;;;. The fourth-order valence-electron chi connectivity index (χ4n) is 0.557. The van der Waals surface area contributed by atoms with Crippen molar-refractivity contribution in [3.05, 3.63) is 25.1 Å². The molecule has 4 nitrogen and oxygen atoms in total. The second-order valence-corrected chi connectivity index (χ2v) is 5.39. The summed E-state index contributed by atoms with van der Waals surface area (Å²) in [5, 5.41) is 9.56. The van der Waals surface area contributed by atoms with E-state index in [1.54, 1.807) is 0 Å². The number of rotatable bonds is 1. The van der Waals surface area contributed by atoms with Crippen LogP contribution < -0.4 is 0 Å². The maximum absolute atomic E-state index is 11.5. The molecule has 5 heteroatoms. The van der Waals surface area contributed by atoms with Gasteiger partial charge in [0.2, 0.25) is 0 Å². The Bertz CT molecular complexity index is 294. The SMILES string of the molecule is CC(C)(C)C(=O)/C=C(\O)C(C)(C)C.[C-]#[O+].[C-]#[O+].[Ir]. The van der Waals surface area contributed by atoms with Gasteiger partial charge in [-0.2, -0.15) is 0 Å². The summed E-state index contributed by atoms with van der Waals surface area (Å²) in [4.78, 5) is 11.5. The van der Waals surface area contributed by atoms with Crippen LogP contribution in [0, 0.1) is 24.1 Å². The summed E-state index contributed by atoms with van der Waals surface area (Å²) in [5.74, 6) is 0.104. The molecule has 1 radical (unpaired) electrons. The normalized spacial score (nSPS) is 10.7. The molecule has 0 saturated carbocycles. The van der Waals surface area contributed by atoms with Gasteiger partial charge in [-0.15, -0.1) is 0 Å². The van der Waals surface area contributed by atoms with Crippen LogP contribution in [0.3, 0.4) is 0 Å². The average Bonchev–Trinajstić information content (AvgIpc) is 2.21. The van der Waals surface area contributed by atoms with Gasteiger partial charge in [0.15, 0.2) is 5.78 Å². The molecule has 0 aliphatic heterocycles. The van der Waals surface area contributed by atoms with Crippen LogP contribution in [0.4, 0.5) is 0 Å². The van der Waals surface area contributed by atoms with E-state index in [1.807, 2.05) is 41.5 Å². The number of aliphatic hydroxyl groups is 1. The van der Waals surface area contributed by atoms with Gasteiger partial charge in [-0.3, -0.25) is 4.79 Å². The summed E-state index contributed by atoms with van der Waals surface area (Å²) in [6.45, 7) is 20.1. The molecule has 0 bridgehead atoms. The molecule has 0 saturated heterocycles. The van der Waals surface area contributed by atoms with Gasteiger partial charge in [0, 0.05) is 37.0 Å². The first-order valence-corrected chi connectivity index (χ1v) is 4.91. The third kappa shape index (κ3) is 13.4. The van der Waals surface area contributed by atoms with Crippen LogP contribution in [0.25, 0.3) is 0 Å². The Morgan fingerprint density at radius 2 is 1.22 bits per heavy atom. The third-order valence-electron chi connectivity index (χ3n) is 1.78. The second kappa shape index (κ2) is 11.4. The summed E-state index contributed by atoms with van der Waals surface area (Å²) in [6, 6.07) is 0. The van der Waals surface area contributed by atoms with Crippen LogP contribution in [0.5, 0.6) is 0 Å². The first-order valence-electron chi connectivity index (χ1n) is 4.91. The van der Waals surface area contributed by atoms with Crippen molar-refractivity contribution in [1.29, 1.82) is 0 Å². The Morgan fingerprint density at radius 3 is 1.39 bits per heavy atom. The number of carbonyl (C=O) groups excluding carboxylic acids is 1. The minimum Gasteiger partial charge on any atom is 0 e. The van der Waals surface area contributed by atoms with Gasteiger partial charge >= 0.3 is 22.6 Å². The molecule has 1 N–H and O–H groups in total. The molecule has 105 valence electrons. The van der Waals surface area contributed by atoms with E-state index < -0.39 is 5.41 Å². The molecule has 18 heavy (non-hydrogen) atoms. The van der Waals surface area contributed by atoms with Crippen LogP contribution >= 0.6 is 0 Å². The van der Waals surface area contributed by atoms with Gasteiger partial charge in [0.25, 0.3) is 0 Å². The van der Waals surface area contributed by atoms with Crippen LogP contribution in [0.2, 0.25) is 0 Å². The predicted octanol–water partition coefficient (Wildman–Crippen LogP) is 3.01. The molecule has 0 aliphatic rings. The first-order chi connectivity index (χ1) is 7.55. The Hall–Kier alpha value is -0.661. The number of hydrogen-bond acceptors (Lipinski definition) is 2. The first kappa shape index (κ1) is 26.0. The largest absolute Gasteiger partial charge is 0 e. The molecule has 0 unspecified atom stereocenters. The zero-order valence-corrected chi connectivity index (χ0v) is 14.0. The molecule has 0 rings (SSSR count). The van der Waals surface area contributed by atoms with Gasteiger partial charge in [-0.25, -0.2) is 0 Å². The molecule has 0 heterocycles. The molecule has 0 aromatic heterocycles. The van der Waals surface area contributed by atoms with Crippen molar-refractivity contribution in [2.75, 3.05) is 0 Å². The van der Waals surface area contributed by atoms with Crippen molar-refractivity contribution in [1.82, 2.24) is 0 Å². The molecule has 0 amide bonds. The molecular weight excluding hydrogens is 412 g/mol. The Morgan fingerprint density at radius 1 is 0.944 bits per heavy atom. The number of ketones is 1. The topological polar surface area (TPSA) is 77.1 Å². The summed E-state index contributed by atoms with van der Waals surface area (Å²) < 4.78 is 15.0. The minimum absolute atomic E-state index is 0. The van der Waals surface area contributed by atoms with Gasteiger partial charge in [0.05, 0.1) is 0 Å². The zero-order valence-electron chi connectivity index (χ0n) is 11.6. The maximum atomic E-state index is 11.5. The Labute approximate surface area is 123 Å². The van der Waals surface area contributed by atoms with Gasteiger partial charge < -0.3 is 5.11 Å². The molecule has 0 aromatic carbocycles. The summed E-state index contributed by atoms with van der Waals surface area (Å²) in [7, 11) is 0. The number of allylic oxidation sites excluding steroid dienone is 2. The zero-order chi connectivity index (χ0) is 14.9. The monoisotopic (exact) mass is 433 g/mol. The van der Waals surface area contributed by atoms with E-state index >= 15 is 0 Å². The fraction of sp³-hybridized carbons (Fsp3) is 0.615. The Balaban J connectivity index is -0.000000177. The van der Waals surface area contributed by atoms with E-state index in [4.69, 9.17) is 9.30 Å². The average molecular weight is 433 g/mol. The molecule has 0 aromatic rings. The van der Waals surface area contributed by atoms with Crippen molar-refractivity contribution in [3.63, 3.8) is 0 Å². The van der Waals surface area contributed by atoms with E-state index in [1.165, 1.54) is 6.08 Å². The van der Waals surface area contributed by atoms with E-state index in [2.05, 4.69) is 13.3 Å². The molecule has 0 aliphatic carbocycles. The maximum Gasteiger partial charge on any atom is 0 e. The number of hydrogen-bond donors (Lipinski definition) is 1. The van der Waals surface area contributed by atoms with E-state index in [0.29, 0.717) is 0 Å². The number of carbonyl (C=O) groups is 1. The van der Waals surface area contributed by atoms with Crippen LogP contribution in [-0.2, 0) is 34.2 Å². The molecule has 0 spiro atoms. The van der Waals surface area contributed by atoms with Crippen molar-refractivity contribution < 1.29 is 39.3 Å². The molecular formula is C13H20IrO4. The van der Waals surface area contributed by atoms with Gasteiger partial charge in [-0.1, -0.05) is 41.5 Å². The van der Waals surface area contributed by atoms with E-state index in [0.717, 1.165) is 0 Å². The van der Waals surface area contributed by atoms with Crippen LogP contribution in [0.15, 0.2) is 11.8 Å². The van der Waals surface area contributed by atoms with E-state index in [-0.39, 0.29) is 37.1 Å². The van der Waals surface area contributed by atoms with E-state index in [9.17, 15) is 9.90 Å². The molecule has 0 atom stereocenters. The van der Waals surface area contributed by atoms with Crippen molar-refractivity contribution in [2.45, 2.75) is 41.5 Å². The second-order valence-electron chi connectivity index (χ2n) is 5.39. The predicted molar refractivity (Wildman–Crippen MR) is 62.5 cm³/mol. The van der Waals surface area contributed by atoms with Crippen molar-refractivity contribution >= 4 is 5.78 Å². The van der Waals surface area contributed by atoms with Crippen LogP contribution in [0.1, 0.15) is 41.5 Å². The van der Waals surface area contributed by atoms with Crippen molar-refractivity contribution in [3.8, 4) is 0 Å². The van der Waals surface area contributed by atoms with Crippen LogP contribution in [-0.4, -0.2) is 10.9 Å². The smallest absolute Gasteiger partial charge is 0 e.